The minimum atomic E-state index is -0.0405. The lowest BCUT2D eigenvalue weighted by molar-refractivity contribution is -0.133. The number of urea groups is 1. The maximum atomic E-state index is 13.5. The number of anilines is 2. The molecule has 0 N–H and O–H groups in total. The minimum absolute atomic E-state index is 0.0405. The van der Waals surface area contributed by atoms with Crippen molar-refractivity contribution in [1.29, 1.82) is 0 Å². The van der Waals surface area contributed by atoms with Crippen LogP contribution >= 0.6 is 11.6 Å². The third-order valence-electron chi connectivity index (χ3n) is 6.48. The number of rotatable bonds is 2. The molecule has 3 amide bonds. The van der Waals surface area contributed by atoms with Crippen molar-refractivity contribution in [2.75, 3.05) is 42.6 Å². The number of amides is 3. The van der Waals surface area contributed by atoms with Gasteiger partial charge >= 0.3 is 6.03 Å². The lowest BCUT2D eigenvalue weighted by Crippen LogP contribution is -2.57. The predicted octanol–water partition coefficient (Wildman–Crippen LogP) is 4.11. The molecule has 2 aromatic carbocycles. The number of piperazine rings is 1. The van der Waals surface area contributed by atoms with Crippen LogP contribution in [-0.4, -0.2) is 54.6 Å². The Hall–Kier alpha value is -2.73. The molecule has 0 radical (unpaired) electrons. The first-order chi connectivity index (χ1) is 15.0. The summed E-state index contributed by atoms with van der Waals surface area (Å²) < 4.78 is 0. The first-order valence-corrected chi connectivity index (χ1v) is 11.3. The normalized spacial score (nSPS) is 18.8. The molecule has 0 aromatic heterocycles. The molecule has 162 valence electrons. The summed E-state index contributed by atoms with van der Waals surface area (Å²) in [6, 6.07) is 13.9. The van der Waals surface area contributed by atoms with Crippen molar-refractivity contribution < 1.29 is 9.59 Å². The molecule has 7 heteroatoms. The standard InChI is InChI=1S/C24H27ClN4O2/c1-17-4-2-3-5-21(17)26-10-12-27(13-11-26)24(31)29-16-28(23(30)18-6-7-18)15-19-14-20(25)8-9-22(19)29/h2-5,8-9,14,18H,6-7,10-13,15-16H2,1H3. The Morgan fingerprint density at radius 1 is 0.935 bits per heavy atom. The van der Waals surface area contributed by atoms with Crippen LogP contribution in [0.4, 0.5) is 16.2 Å². The number of fused-ring (bicyclic) bond motifs is 1. The average molecular weight is 439 g/mol. The number of hydrogen-bond acceptors (Lipinski definition) is 3. The van der Waals surface area contributed by atoms with Crippen LogP contribution in [0.5, 0.6) is 0 Å². The van der Waals surface area contributed by atoms with E-state index in [-0.39, 0.29) is 17.9 Å². The molecule has 1 aliphatic carbocycles. The summed E-state index contributed by atoms with van der Waals surface area (Å²) in [5.74, 6) is 0.267. The van der Waals surface area contributed by atoms with Crippen molar-refractivity contribution in [2.45, 2.75) is 26.3 Å². The van der Waals surface area contributed by atoms with Crippen LogP contribution < -0.4 is 9.80 Å². The Morgan fingerprint density at radius 3 is 2.39 bits per heavy atom. The van der Waals surface area contributed by atoms with Crippen LogP contribution in [0.2, 0.25) is 5.02 Å². The largest absolute Gasteiger partial charge is 0.368 e. The number of halogens is 1. The fraction of sp³-hybridized carbons (Fsp3) is 0.417. The van der Waals surface area contributed by atoms with Gasteiger partial charge in [0.25, 0.3) is 0 Å². The second-order valence-corrected chi connectivity index (χ2v) is 9.13. The van der Waals surface area contributed by atoms with E-state index in [0.29, 0.717) is 31.3 Å². The number of carbonyl (C=O) groups excluding carboxylic acids is 2. The summed E-state index contributed by atoms with van der Waals surface area (Å²) in [4.78, 5) is 34.1. The fourth-order valence-electron chi connectivity index (χ4n) is 4.57. The molecule has 1 saturated carbocycles. The maximum Gasteiger partial charge on any atom is 0.326 e. The summed E-state index contributed by atoms with van der Waals surface area (Å²) in [5, 5.41) is 0.624. The molecule has 5 rings (SSSR count). The van der Waals surface area contributed by atoms with Crippen molar-refractivity contribution in [2.24, 2.45) is 5.92 Å². The molecular weight excluding hydrogens is 412 g/mol. The highest BCUT2D eigenvalue weighted by atomic mass is 35.5. The molecule has 0 unspecified atom stereocenters. The van der Waals surface area contributed by atoms with Gasteiger partial charge in [0, 0.05) is 49.4 Å². The third-order valence-corrected chi connectivity index (χ3v) is 6.72. The van der Waals surface area contributed by atoms with E-state index in [1.165, 1.54) is 11.3 Å². The van der Waals surface area contributed by atoms with E-state index in [2.05, 4.69) is 30.0 Å². The van der Waals surface area contributed by atoms with Gasteiger partial charge in [-0.2, -0.15) is 0 Å². The van der Waals surface area contributed by atoms with Gasteiger partial charge in [0.05, 0.1) is 5.69 Å². The zero-order chi connectivity index (χ0) is 21.5. The lowest BCUT2D eigenvalue weighted by Gasteiger charge is -2.42. The fourth-order valence-corrected chi connectivity index (χ4v) is 4.77. The molecule has 0 spiro atoms. The van der Waals surface area contributed by atoms with Gasteiger partial charge in [0.2, 0.25) is 5.91 Å². The van der Waals surface area contributed by atoms with E-state index in [0.717, 1.165) is 37.2 Å². The molecule has 0 bridgehead atoms. The zero-order valence-corrected chi connectivity index (χ0v) is 18.5. The van der Waals surface area contributed by atoms with Gasteiger partial charge in [-0.1, -0.05) is 29.8 Å². The highest BCUT2D eigenvalue weighted by molar-refractivity contribution is 6.30. The Labute approximate surface area is 188 Å². The van der Waals surface area contributed by atoms with Crippen molar-refractivity contribution in [3.05, 3.63) is 58.6 Å². The van der Waals surface area contributed by atoms with E-state index in [1.54, 1.807) is 9.80 Å². The Bertz CT molecular complexity index is 1010. The molecule has 2 heterocycles. The summed E-state index contributed by atoms with van der Waals surface area (Å²) in [6.07, 6.45) is 1.90. The smallest absolute Gasteiger partial charge is 0.326 e. The molecule has 6 nitrogen and oxygen atoms in total. The van der Waals surface area contributed by atoms with Crippen LogP contribution in [0, 0.1) is 12.8 Å². The van der Waals surface area contributed by atoms with Crippen molar-refractivity contribution >= 4 is 34.9 Å². The van der Waals surface area contributed by atoms with Gasteiger partial charge < -0.3 is 14.7 Å². The molecule has 0 atom stereocenters. The van der Waals surface area contributed by atoms with Crippen LogP contribution in [0.25, 0.3) is 0 Å². The second kappa shape index (κ2) is 8.08. The topological polar surface area (TPSA) is 47.1 Å². The lowest BCUT2D eigenvalue weighted by atomic mass is 10.1. The van der Waals surface area contributed by atoms with Crippen LogP contribution in [0.1, 0.15) is 24.0 Å². The molecule has 2 aromatic rings. The summed E-state index contributed by atoms with van der Waals surface area (Å²) in [7, 11) is 0. The summed E-state index contributed by atoms with van der Waals surface area (Å²) in [6.45, 7) is 5.84. The number of carbonyl (C=O) groups is 2. The monoisotopic (exact) mass is 438 g/mol. The number of para-hydroxylation sites is 1. The van der Waals surface area contributed by atoms with Gasteiger partial charge in [-0.3, -0.25) is 9.69 Å². The van der Waals surface area contributed by atoms with E-state index < -0.39 is 0 Å². The maximum absolute atomic E-state index is 13.5. The highest BCUT2D eigenvalue weighted by Crippen LogP contribution is 2.36. The van der Waals surface area contributed by atoms with E-state index in [9.17, 15) is 9.59 Å². The second-order valence-electron chi connectivity index (χ2n) is 8.70. The zero-order valence-electron chi connectivity index (χ0n) is 17.8. The SMILES string of the molecule is Cc1ccccc1N1CCN(C(=O)N2CN(C(=O)C3CC3)Cc3cc(Cl)ccc32)CC1. The Kier molecular flexibility index (Phi) is 5.26. The molecular formula is C24H27ClN4O2. The van der Waals surface area contributed by atoms with Crippen molar-refractivity contribution in [3.8, 4) is 0 Å². The summed E-state index contributed by atoms with van der Waals surface area (Å²) in [5.41, 5.74) is 4.27. The number of aryl methyl sites for hydroxylation is 1. The van der Waals surface area contributed by atoms with Gasteiger partial charge in [-0.15, -0.1) is 0 Å². The molecule has 1 saturated heterocycles. The number of benzene rings is 2. The molecule has 2 aliphatic heterocycles. The highest BCUT2D eigenvalue weighted by Gasteiger charge is 2.38. The minimum Gasteiger partial charge on any atom is -0.368 e. The van der Waals surface area contributed by atoms with Crippen LogP contribution in [-0.2, 0) is 11.3 Å². The van der Waals surface area contributed by atoms with Crippen LogP contribution in [0.3, 0.4) is 0 Å². The number of nitrogens with zero attached hydrogens (tertiary/aromatic N) is 4. The van der Waals surface area contributed by atoms with E-state index in [1.807, 2.05) is 29.2 Å². The van der Waals surface area contributed by atoms with Crippen molar-refractivity contribution in [1.82, 2.24) is 9.80 Å². The van der Waals surface area contributed by atoms with Crippen LogP contribution in [0.15, 0.2) is 42.5 Å². The summed E-state index contributed by atoms with van der Waals surface area (Å²) >= 11 is 6.22. The Morgan fingerprint density at radius 2 is 1.68 bits per heavy atom. The third kappa shape index (κ3) is 3.97. The van der Waals surface area contributed by atoms with E-state index in [4.69, 9.17) is 11.6 Å². The van der Waals surface area contributed by atoms with Gasteiger partial charge in [-0.25, -0.2) is 4.79 Å². The Balaban J connectivity index is 1.33. The number of hydrogen-bond donors (Lipinski definition) is 0. The van der Waals surface area contributed by atoms with E-state index >= 15 is 0 Å². The van der Waals surface area contributed by atoms with Gasteiger partial charge in [0.1, 0.15) is 6.67 Å². The predicted molar refractivity (Wildman–Crippen MR) is 122 cm³/mol. The van der Waals surface area contributed by atoms with Gasteiger partial charge in [-0.05, 0) is 55.2 Å². The molecule has 2 fully saturated rings. The molecule has 3 aliphatic rings. The first-order valence-electron chi connectivity index (χ1n) is 11.0. The average Bonchev–Trinajstić information content (AvgIpc) is 3.63. The quantitative estimate of drug-likeness (QED) is 0.709. The molecule has 31 heavy (non-hydrogen) atoms. The first kappa shape index (κ1) is 20.2. The van der Waals surface area contributed by atoms with Gasteiger partial charge in [0.15, 0.2) is 0 Å². The van der Waals surface area contributed by atoms with Crippen molar-refractivity contribution in [3.63, 3.8) is 0 Å².